The summed E-state index contributed by atoms with van der Waals surface area (Å²) in [4.78, 5) is 12.6. The molecule has 1 aromatic heterocycles. The van der Waals surface area contributed by atoms with Gasteiger partial charge in [0.25, 0.3) is 5.91 Å². The highest BCUT2D eigenvalue weighted by atomic mass is 32.2. The zero-order valence-electron chi connectivity index (χ0n) is 16.5. The molecule has 0 aliphatic heterocycles. The van der Waals surface area contributed by atoms with E-state index in [0.29, 0.717) is 11.4 Å². The van der Waals surface area contributed by atoms with Gasteiger partial charge in [-0.15, -0.1) is 0 Å². The van der Waals surface area contributed by atoms with Crippen molar-refractivity contribution in [2.75, 3.05) is 26.5 Å². The van der Waals surface area contributed by atoms with Crippen LogP contribution in [0.2, 0.25) is 0 Å². The molecule has 3 aromatic rings. The van der Waals surface area contributed by atoms with Crippen LogP contribution in [0.4, 0.5) is 5.69 Å². The van der Waals surface area contributed by atoms with Crippen molar-refractivity contribution in [1.82, 2.24) is 9.46 Å². The second-order valence-electron chi connectivity index (χ2n) is 6.55. The highest BCUT2D eigenvalue weighted by molar-refractivity contribution is 7.89. The molecule has 0 aliphatic carbocycles. The summed E-state index contributed by atoms with van der Waals surface area (Å²) in [6, 6.07) is 13.4. The third-order valence-corrected chi connectivity index (χ3v) is 6.09. The van der Waals surface area contributed by atoms with Crippen LogP contribution in [-0.2, 0) is 10.0 Å². The summed E-state index contributed by atoms with van der Waals surface area (Å²) in [6.45, 7) is 1.98. The van der Waals surface area contributed by atoms with Gasteiger partial charge < -0.3 is 14.6 Å². The third-order valence-electron chi connectivity index (χ3n) is 4.28. The lowest BCUT2D eigenvalue weighted by Crippen LogP contribution is -2.22. The van der Waals surface area contributed by atoms with Crippen LogP contribution in [0.3, 0.4) is 0 Å². The Kier molecular flexibility index (Phi) is 5.71. The van der Waals surface area contributed by atoms with E-state index >= 15 is 0 Å². The monoisotopic (exact) mass is 415 g/mol. The summed E-state index contributed by atoms with van der Waals surface area (Å²) in [6.07, 6.45) is 0. The van der Waals surface area contributed by atoms with E-state index < -0.39 is 15.9 Å². The first-order valence-electron chi connectivity index (χ1n) is 8.68. The molecule has 8 nitrogen and oxygen atoms in total. The van der Waals surface area contributed by atoms with E-state index in [9.17, 15) is 13.2 Å². The largest absolute Gasteiger partial charge is 0.495 e. The first kappa shape index (κ1) is 20.6. The number of amides is 1. The van der Waals surface area contributed by atoms with Gasteiger partial charge in [-0.1, -0.05) is 35.0 Å². The predicted octanol–water partition coefficient (Wildman–Crippen LogP) is 3.16. The zero-order valence-corrected chi connectivity index (χ0v) is 17.3. The molecule has 1 N–H and O–H groups in total. The van der Waals surface area contributed by atoms with E-state index in [2.05, 4.69) is 10.5 Å². The molecule has 9 heteroatoms. The van der Waals surface area contributed by atoms with Gasteiger partial charge in [0, 0.05) is 25.7 Å². The maximum Gasteiger partial charge on any atom is 0.294 e. The number of aryl methyl sites for hydroxylation is 1. The quantitative estimate of drug-likeness (QED) is 0.664. The van der Waals surface area contributed by atoms with Gasteiger partial charge in [0.1, 0.15) is 11.4 Å². The number of benzene rings is 2. The molecule has 0 spiro atoms. The Morgan fingerprint density at radius 2 is 1.79 bits per heavy atom. The van der Waals surface area contributed by atoms with Gasteiger partial charge in [-0.2, -0.15) is 0 Å². The summed E-state index contributed by atoms with van der Waals surface area (Å²) in [5.41, 5.74) is 2.64. The van der Waals surface area contributed by atoms with Gasteiger partial charge in [0.05, 0.1) is 17.7 Å². The fraction of sp³-hybridized carbons (Fsp3) is 0.200. The van der Waals surface area contributed by atoms with Gasteiger partial charge in [0.2, 0.25) is 15.8 Å². The second kappa shape index (κ2) is 8.06. The number of anilines is 1. The average Bonchev–Trinajstić information content (AvgIpc) is 3.18. The molecule has 3 rings (SSSR count). The molecule has 0 radical (unpaired) electrons. The molecular weight excluding hydrogens is 394 g/mol. The minimum Gasteiger partial charge on any atom is -0.495 e. The maximum atomic E-state index is 12.6. The molecule has 0 saturated heterocycles. The number of nitrogens with zero attached hydrogens (tertiary/aromatic N) is 2. The van der Waals surface area contributed by atoms with Crippen molar-refractivity contribution in [1.29, 1.82) is 0 Å². The SMILES string of the molecule is COc1ccc(S(=O)(=O)N(C)C)cc1NC(=O)c1cc(-c2ccc(C)cc2)no1. The molecule has 1 amide bonds. The highest BCUT2D eigenvalue weighted by Gasteiger charge is 2.21. The number of sulfonamides is 1. The van der Waals surface area contributed by atoms with Crippen LogP contribution in [0, 0.1) is 6.92 Å². The number of carbonyl (C=O) groups is 1. The van der Waals surface area contributed by atoms with Crippen LogP contribution in [0.1, 0.15) is 16.1 Å². The smallest absolute Gasteiger partial charge is 0.294 e. The summed E-state index contributed by atoms with van der Waals surface area (Å²) >= 11 is 0. The number of rotatable bonds is 6. The second-order valence-corrected chi connectivity index (χ2v) is 8.70. The Morgan fingerprint density at radius 3 is 2.41 bits per heavy atom. The molecule has 0 saturated carbocycles. The first-order chi connectivity index (χ1) is 13.7. The first-order valence-corrected chi connectivity index (χ1v) is 10.1. The lowest BCUT2D eigenvalue weighted by atomic mass is 10.1. The Labute approximate surface area is 169 Å². The number of hydrogen-bond acceptors (Lipinski definition) is 6. The van der Waals surface area contributed by atoms with Crippen LogP contribution < -0.4 is 10.1 Å². The summed E-state index contributed by atoms with van der Waals surface area (Å²) in [5, 5.41) is 6.55. The molecule has 2 aromatic carbocycles. The van der Waals surface area contributed by atoms with Gasteiger partial charge in [-0.3, -0.25) is 4.79 Å². The molecule has 1 heterocycles. The lowest BCUT2D eigenvalue weighted by Gasteiger charge is -2.14. The number of methoxy groups -OCH3 is 1. The van der Waals surface area contributed by atoms with Crippen molar-refractivity contribution in [2.24, 2.45) is 0 Å². The van der Waals surface area contributed by atoms with E-state index in [-0.39, 0.29) is 16.3 Å². The minimum absolute atomic E-state index is 0.0107. The number of ether oxygens (including phenoxy) is 1. The maximum absolute atomic E-state index is 12.6. The fourth-order valence-corrected chi connectivity index (χ4v) is 3.51. The van der Waals surface area contributed by atoms with Crippen molar-refractivity contribution < 1.29 is 22.5 Å². The van der Waals surface area contributed by atoms with Crippen LogP contribution in [0.25, 0.3) is 11.3 Å². The van der Waals surface area contributed by atoms with E-state index in [0.717, 1.165) is 15.4 Å². The predicted molar refractivity (Wildman–Crippen MR) is 108 cm³/mol. The van der Waals surface area contributed by atoms with Gasteiger partial charge in [-0.05, 0) is 25.1 Å². The van der Waals surface area contributed by atoms with E-state index in [1.807, 2.05) is 31.2 Å². The Bertz CT molecular complexity index is 1140. The zero-order chi connectivity index (χ0) is 21.2. The molecule has 0 bridgehead atoms. The summed E-state index contributed by atoms with van der Waals surface area (Å²) in [7, 11) is 0.615. The van der Waals surface area contributed by atoms with Gasteiger partial charge in [0.15, 0.2) is 0 Å². The van der Waals surface area contributed by atoms with E-state index in [1.54, 1.807) is 0 Å². The molecule has 0 aliphatic rings. The Morgan fingerprint density at radius 1 is 1.10 bits per heavy atom. The molecule has 0 unspecified atom stereocenters. The molecule has 0 atom stereocenters. The summed E-state index contributed by atoms with van der Waals surface area (Å²) in [5.74, 6) is -0.272. The Balaban J connectivity index is 1.88. The summed E-state index contributed by atoms with van der Waals surface area (Å²) < 4.78 is 36.2. The van der Waals surface area contributed by atoms with E-state index in [1.165, 1.54) is 45.5 Å². The van der Waals surface area contributed by atoms with Crippen LogP contribution in [-0.4, -0.2) is 45.0 Å². The third kappa shape index (κ3) is 4.30. The van der Waals surface area contributed by atoms with Crippen molar-refractivity contribution in [3.8, 4) is 17.0 Å². The minimum atomic E-state index is -3.67. The number of aromatic nitrogens is 1. The molecular formula is C20H21N3O5S. The van der Waals surface area contributed by atoms with Gasteiger partial charge >= 0.3 is 0 Å². The standard InChI is InChI=1S/C20H21N3O5S/c1-13-5-7-14(8-6-13)16-12-19(28-22-16)20(24)21-17-11-15(9-10-18(17)27-4)29(25,26)23(2)3/h5-12H,1-4H3,(H,21,24). The number of carbonyl (C=O) groups excluding carboxylic acids is 1. The lowest BCUT2D eigenvalue weighted by molar-refractivity contribution is 0.0987. The molecule has 0 fully saturated rings. The van der Waals surface area contributed by atoms with Crippen LogP contribution >= 0.6 is 0 Å². The average molecular weight is 415 g/mol. The van der Waals surface area contributed by atoms with Crippen molar-refractivity contribution in [3.63, 3.8) is 0 Å². The normalized spacial score (nSPS) is 11.5. The number of hydrogen-bond donors (Lipinski definition) is 1. The van der Waals surface area contributed by atoms with Crippen molar-refractivity contribution >= 4 is 21.6 Å². The molecule has 29 heavy (non-hydrogen) atoms. The van der Waals surface area contributed by atoms with Crippen molar-refractivity contribution in [3.05, 3.63) is 59.9 Å². The van der Waals surface area contributed by atoms with Crippen molar-refractivity contribution in [2.45, 2.75) is 11.8 Å². The van der Waals surface area contributed by atoms with Crippen LogP contribution in [0.15, 0.2) is 57.9 Å². The van der Waals surface area contributed by atoms with Gasteiger partial charge in [-0.25, -0.2) is 12.7 Å². The fourth-order valence-electron chi connectivity index (χ4n) is 2.58. The highest BCUT2D eigenvalue weighted by Crippen LogP contribution is 2.29. The number of nitrogens with one attached hydrogen (secondary N) is 1. The molecule has 152 valence electrons. The Hall–Kier alpha value is -3.17. The van der Waals surface area contributed by atoms with Crippen LogP contribution in [0.5, 0.6) is 5.75 Å². The topological polar surface area (TPSA) is 102 Å². The van der Waals surface area contributed by atoms with E-state index in [4.69, 9.17) is 9.26 Å².